The smallest absolute Gasteiger partial charge is 0.223 e. The van der Waals surface area contributed by atoms with E-state index in [0.717, 1.165) is 19.3 Å². The van der Waals surface area contributed by atoms with Gasteiger partial charge in [-0.2, -0.15) is 0 Å². The van der Waals surface area contributed by atoms with Gasteiger partial charge in [-0.3, -0.25) is 4.79 Å². The number of aryl methyl sites for hydroxylation is 1. The van der Waals surface area contributed by atoms with Crippen LogP contribution >= 0.6 is 11.8 Å². The van der Waals surface area contributed by atoms with Gasteiger partial charge in [-0.1, -0.05) is 30.3 Å². The highest BCUT2D eigenvalue weighted by atomic mass is 32.2. The number of sulfone groups is 1. The van der Waals surface area contributed by atoms with Gasteiger partial charge in [0.25, 0.3) is 0 Å². The molecule has 0 N–H and O–H groups in total. The molecule has 2 heterocycles. The number of thioether (sulfide) groups is 1. The maximum absolute atomic E-state index is 13.0. The van der Waals surface area contributed by atoms with Gasteiger partial charge in [0, 0.05) is 23.4 Å². The molecule has 0 radical (unpaired) electrons. The summed E-state index contributed by atoms with van der Waals surface area (Å²) < 4.78 is 26.1. The van der Waals surface area contributed by atoms with Crippen molar-refractivity contribution in [2.75, 3.05) is 6.26 Å². The lowest BCUT2D eigenvalue weighted by molar-refractivity contribution is -0.135. The molecule has 2 aliphatic heterocycles. The van der Waals surface area contributed by atoms with Gasteiger partial charge in [0.15, 0.2) is 9.84 Å². The zero-order valence-corrected chi connectivity index (χ0v) is 18.3. The minimum Gasteiger partial charge on any atom is -0.337 e. The Morgan fingerprint density at radius 3 is 2.21 bits per heavy atom. The van der Waals surface area contributed by atoms with E-state index in [1.54, 1.807) is 36.0 Å². The fourth-order valence-corrected chi connectivity index (χ4v) is 7.04. The van der Waals surface area contributed by atoms with Crippen molar-refractivity contribution in [3.8, 4) is 0 Å². The molecule has 0 spiro atoms. The SMILES string of the molecule is CSc1ccc(CCC(=O)N2C3CCC2CC(S(=O)(=O)c2ccccc2)C3)cc1. The van der Waals surface area contributed by atoms with Crippen molar-refractivity contribution < 1.29 is 13.2 Å². The highest BCUT2D eigenvalue weighted by Crippen LogP contribution is 2.40. The molecule has 4 nitrogen and oxygen atoms in total. The second-order valence-corrected chi connectivity index (χ2v) is 11.1. The van der Waals surface area contributed by atoms with E-state index in [2.05, 4.69) is 30.5 Å². The van der Waals surface area contributed by atoms with E-state index in [-0.39, 0.29) is 23.2 Å². The first-order chi connectivity index (χ1) is 14.0. The fourth-order valence-electron chi connectivity index (χ4n) is 4.76. The molecular formula is C23H27NO3S2. The Balaban J connectivity index is 1.40. The Kier molecular flexibility index (Phi) is 6.02. The molecule has 2 atom stereocenters. The third-order valence-electron chi connectivity index (χ3n) is 6.27. The van der Waals surface area contributed by atoms with Crippen molar-refractivity contribution in [3.05, 3.63) is 60.2 Å². The predicted molar refractivity (Wildman–Crippen MR) is 117 cm³/mol. The topological polar surface area (TPSA) is 54.5 Å². The summed E-state index contributed by atoms with van der Waals surface area (Å²) in [6.07, 6.45) is 6.22. The van der Waals surface area contributed by atoms with E-state index in [4.69, 9.17) is 0 Å². The molecule has 0 aliphatic carbocycles. The van der Waals surface area contributed by atoms with Gasteiger partial charge in [-0.15, -0.1) is 11.8 Å². The van der Waals surface area contributed by atoms with Gasteiger partial charge in [0.05, 0.1) is 10.1 Å². The van der Waals surface area contributed by atoms with Crippen LogP contribution in [0.15, 0.2) is 64.4 Å². The first-order valence-electron chi connectivity index (χ1n) is 10.2. The molecule has 154 valence electrons. The summed E-state index contributed by atoms with van der Waals surface area (Å²) in [5.74, 6) is 0.169. The number of carbonyl (C=O) groups is 1. The van der Waals surface area contributed by atoms with Crippen molar-refractivity contribution in [1.29, 1.82) is 0 Å². The number of hydrogen-bond donors (Lipinski definition) is 0. The van der Waals surface area contributed by atoms with Crippen molar-refractivity contribution in [1.82, 2.24) is 4.90 Å². The van der Waals surface area contributed by atoms with Gasteiger partial charge in [0.2, 0.25) is 5.91 Å². The van der Waals surface area contributed by atoms with Crippen LogP contribution in [0.2, 0.25) is 0 Å². The molecule has 2 saturated heterocycles. The van der Waals surface area contributed by atoms with E-state index in [1.165, 1.54) is 10.5 Å². The van der Waals surface area contributed by atoms with E-state index >= 15 is 0 Å². The zero-order chi connectivity index (χ0) is 20.4. The molecule has 6 heteroatoms. The number of piperidine rings is 1. The molecule has 2 aromatic carbocycles. The normalized spacial score (nSPS) is 23.9. The molecule has 0 aromatic heterocycles. The van der Waals surface area contributed by atoms with Crippen molar-refractivity contribution in [2.24, 2.45) is 0 Å². The zero-order valence-electron chi connectivity index (χ0n) is 16.7. The van der Waals surface area contributed by atoms with Crippen LogP contribution in [-0.2, 0) is 21.1 Å². The Labute approximate surface area is 177 Å². The monoisotopic (exact) mass is 429 g/mol. The minimum absolute atomic E-state index is 0.0589. The number of rotatable bonds is 6. The number of amides is 1. The number of nitrogens with zero attached hydrogens (tertiary/aromatic N) is 1. The van der Waals surface area contributed by atoms with E-state index in [1.807, 2.05) is 11.0 Å². The number of carbonyl (C=O) groups excluding carboxylic acids is 1. The predicted octanol–water partition coefficient (Wildman–Crippen LogP) is 4.34. The lowest BCUT2D eigenvalue weighted by atomic mass is 10.0. The van der Waals surface area contributed by atoms with Gasteiger partial charge >= 0.3 is 0 Å². The molecular weight excluding hydrogens is 402 g/mol. The van der Waals surface area contributed by atoms with Gasteiger partial charge in [-0.05, 0) is 68.2 Å². The fraction of sp³-hybridized carbons (Fsp3) is 0.435. The molecule has 2 aromatic rings. The summed E-state index contributed by atoms with van der Waals surface area (Å²) in [4.78, 5) is 16.6. The van der Waals surface area contributed by atoms with Gasteiger partial charge in [0.1, 0.15) is 0 Å². The van der Waals surface area contributed by atoms with Crippen LogP contribution in [0.5, 0.6) is 0 Å². The Morgan fingerprint density at radius 1 is 1.00 bits per heavy atom. The third-order valence-corrected chi connectivity index (χ3v) is 9.21. The van der Waals surface area contributed by atoms with E-state index in [9.17, 15) is 13.2 Å². The summed E-state index contributed by atoms with van der Waals surface area (Å²) in [5, 5.41) is -0.384. The summed E-state index contributed by atoms with van der Waals surface area (Å²) in [6, 6.07) is 17.2. The van der Waals surface area contributed by atoms with Crippen LogP contribution in [0.25, 0.3) is 0 Å². The van der Waals surface area contributed by atoms with Gasteiger partial charge < -0.3 is 4.90 Å². The molecule has 2 aliphatic rings. The van der Waals surface area contributed by atoms with E-state index < -0.39 is 9.84 Å². The molecule has 4 rings (SSSR count). The Bertz CT molecular complexity index is 943. The maximum atomic E-state index is 13.0. The molecule has 0 saturated carbocycles. The standard InChI is InChI=1S/C23H27NO3S2/c1-28-20-12-7-17(8-13-20)9-14-23(25)24-18-10-11-19(24)16-22(15-18)29(26,27)21-5-3-2-4-6-21/h2-8,12-13,18-19,22H,9-11,14-16H2,1H3. The van der Waals surface area contributed by atoms with E-state index in [0.29, 0.717) is 24.2 Å². The number of benzene rings is 2. The van der Waals surface area contributed by atoms with Crippen molar-refractivity contribution in [2.45, 2.75) is 65.6 Å². The maximum Gasteiger partial charge on any atom is 0.223 e. The van der Waals surface area contributed by atoms with Crippen molar-refractivity contribution >= 4 is 27.5 Å². The van der Waals surface area contributed by atoms with Crippen LogP contribution in [0.4, 0.5) is 0 Å². The highest BCUT2D eigenvalue weighted by molar-refractivity contribution is 7.98. The third kappa shape index (κ3) is 4.24. The minimum atomic E-state index is -3.34. The lowest BCUT2D eigenvalue weighted by Crippen LogP contribution is -2.49. The second-order valence-electron chi connectivity index (χ2n) is 7.99. The molecule has 2 fully saturated rings. The molecule has 1 amide bonds. The summed E-state index contributed by atoms with van der Waals surface area (Å²) in [6.45, 7) is 0. The summed E-state index contributed by atoms with van der Waals surface area (Å²) >= 11 is 1.71. The van der Waals surface area contributed by atoms with Crippen LogP contribution in [0.3, 0.4) is 0 Å². The molecule has 29 heavy (non-hydrogen) atoms. The first-order valence-corrected chi connectivity index (χ1v) is 13.0. The van der Waals surface area contributed by atoms with Crippen LogP contribution in [0, 0.1) is 0 Å². The number of fused-ring (bicyclic) bond motifs is 2. The Hall–Kier alpha value is -1.79. The van der Waals surface area contributed by atoms with Crippen molar-refractivity contribution in [3.63, 3.8) is 0 Å². The summed E-state index contributed by atoms with van der Waals surface area (Å²) in [7, 11) is -3.34. The number of hydrogen-bond acceptors (Lipinski definition) is 4. The largest absolute Gasteiger partial charge is 0.337 e. The highest BCUT2D eigenvalue weighted by Gasteiger charge is 2.46. The quantitative estimate of drug-likeness (QED) is 0.641. The average molecular weight is 430 g/mol. The molecule has 2 unspecified atom stereocenters. The first kappa shape index (κ1) is 20.5. The van der Waals surface area contributed by atoms with Crippen LogP contribution in [0.1, 0.15) is 37.7 Å². The Morgan fingerprint density at radius 2 is 1.62 bits per heavy atom. The van der Waals surface area contributed by atoms with Crippen LogP contribution < -0.4 is 0 Å². The summed E-state index contributed by atoms with van der Waals surface area (Å²) in [5.41, 5.74) is 1.17. The second kappa shape index (κ2) is 8.52. The van der Waals surface area contributed by atoms with Crippen LogP contribution in [-0.4, -0.2) is 42.8 Å². The average Bonchev–Trinajstić information content (AvgIpc) is 3.02. The lowest BCUT2D eigenvalue weighted by Gasteiger charge is -2.38. The van der Waals surface area contributed by atoms with Gasteiger partial charge in [-0.25, -0.2) is 8.42 Å². The molecule has 2 bridgehead atoms.